The maximum atomic E-state index is 13.4. The number of aromatic nitrogens is 1. The highest BCUT2D eigenvalue weighted by Crippen LogP contribution is 2.47. The molecule has 0 spiro atoms. The average molecular weight is 448 g/mol. The van der Waals surface area contributed by atoms with Crippen molar-refractivity contribution in [2.75, 3.05) is 24.3 Å². The predicted molar refractivity (Wildman–Crippen MR) is 125 cm³/mol. The SMILES string of the molecule is Cc1nc(N(C)C)sc1[C@@H]1c2c(c3ccccc3oc2=O)O[C@@H]1C(=O)Nc1ccccc1. The minimum absolute atomic E-state index is 0.333. The van der Waals surface area contributed by atoms with E-state index in [9.17, 15) is 9.59 Å². The molecule has 1 N–H and O–H groups in total. The third-order valence-electron chi connectivity index (χ3n) is 5.44. The molecule has 0 radical (unpaired) electrons. The van der Waals surface area contributed by atoms with E-state index in [-0.39, 0.29) is 5.91 Å². The van der Waals surface area contributed by atoms with E-state index >= 15 is 0 Å². The molecular weight excluding hydrogens is 426 g/mol. The van der Waals surface area contributed by atoms with Crippen LogP contribution in [0.4, 0.5) is 10.8 Å². The summed E-state index contributed by atoms with van der Waals surface area (Å²) < 4.78 is 11.8. The van der Waals surface area contributed by atoms with Crippen LogP contribution >= 0.6 is 11.3 Å². The summed E-state index contributed by atoms with van der Waals surface area (Å²) in [5, 5.41) is 4.37. The van der Waals surface area contributed by atoms with Crippen LogP contribution in [0.25, 0.3) is 11.0 Å². The topological polar surface area (TPSA) is 84.7 Å². The van der Waals surface area contributed by atoms with E-state index in [1.807, 2.05) is 56.3 Å². The van der Waals surface area contributed by atoms with Gasteiger partial charge in [-0.2, -0.15) is 0 Å². The lowest BCUT2D eigenvalue weighted by molar-refractivity contribution is -0.122. The molecule has 0 saturated heterocycles. The van der Waals surface area contributed by atoms with Crippen LogP contribution in [0.3, 0.4) is 0 Å². The average Bonchev–Trinajstić information content (AvgIpc) is 3.36. The molecule has 0 fully saturated rings. The fourth-order valence-corrected chi connectivity index (χ4v) is 5.08. The van der Waals surface area contributed by atoms with E-state index in [1.54, 1.807) is 24.3 Å². The molecule has 1 amide bonds. The van der Waals surface area contributed by atoms with Gasteiger partial charge in [-0.3, -0.25) is 4.79 Å². The number of nitrogens with zero attached hydrogens (tertiary/aromatic N) is 2. The number of ether oxygens (including phenoxy) is 1. The van der Waals surface area contributed by atoms with Crippen LogP contribution in [0, 0.1) is 6.92 Å². The highest BCUT2D eigenvalue weighted by Gasteiger charge is 2.46. The zero-order valence-corrected chi connectivity index (χ0v) is 18.6. The Bertz CT molecular complexity index is 1380. The number of aryl methyl sites for hydroxylation is 1. The van der Waals surface area contributed by atoms with Gasteiger partial charge in [0.2, 0.25) is 0 Å². The molecular formula is C24H21N3O4S. The van der Waals surface area contributed by atoms with Crippen molar-refractivity contribution in [1.29, 1.82) is 0 Å². The number of anilines is 2. The number of benzene rings is 2. The monoisotopic (exact) mass is 447 g/mol. The number of nitrogens with one attached hydrogen (secondary N) is 1. The van der Waals surface area contributed by atoms with Gasteiger partial charge in [-0.15, -0.1) is 11.3 Å². The van der Waals surface area contributed by atoms with Crippen LogP contribution in [0.2, 0.25) is 0 Å². The molecule has 2 aromatic carbocycles. The molecule has 0 saturated carbocycles. The Hall–Kier alpha value is -3.65. The number of carbonyl (C=O) groups excluding carboxylic acids is 1. The van der Waals surface area contributed by atoms with Crippen LogP contribution in [0.15, 0.2) is 63.8 Å². The number of fused-ring (bicyclic) bond motifs is 3. The quantitative estimate of drug-likeness (QED) is 0.473. The van der Waals surface area contributed by atoms with Crippen molar-refractivity contribution in [2.24, 2.45) is 0 Å². The highest BCUT2D eigenvalue weighted by atomic mass is 32.1. The largest absolute Gasteiger partial charge is 0.478 e. The standard InChI is InChI=1S/C24H21N3O4S/c1-13-21(32-24(25-13)27(2)3)17-18-19(15-11-7-8-12-16(15)30-23(18)29)31-20(17)22(28)26-14-9-5-4-6-10-14/h4-12,17,20H,1-3H3,(H,26,28)/t17-,20+/m1/s1. The Labute approximate surface area is 188 Å². The van der Waals surface area contributed by atoms with Crippen LogP contribution in [-0.2, 0) is 4.79 Å². The summed E-state index contributed by atoms with van der Waals surface area (Å²) in [7, 11) is 3.81. The minimum atomic E-state index is -0.937. The summed E-state index contributed by atoms with van der Waals surface area (Å²) in [6.45, 7) is 1.88. The lowest BCUT2D eigenvalue weighted by atomic mass is 9.93. The van der Waals surface area contributed by atoms with Gasteiger partial charge in [-0.25, -0.2) is 9.78 Å². The normalized spacial score (nSPS) is 17.1. The molecule has 162 valence electrons. The number of hydrogen-bond donors (Lipinski definition) is 1. The molecule has 8 heteroatoms. The first kappa shape index (κ1) is 20.3. The number of hydrogen-bond acceptors (Lipinski definition) is 7. The Morgan fingerprint density at radius 3 is 2.53 bits per heavy atom. The molecule has 3 heterocycles. The summed E-state index contributed by atoms with van der Waals surface area (Å²) in [6, 6.07) is 16.4. The third kappa shape index (κ3) is 3.33. The molecule has 1 aliphatic heterocycles. The highest BCUT2D eigenvalue weighted by molar-refractivity contribution is 7.15. The summed E-state index contributed by atoms with van der Waals surface area (Å²) in [6.07, 6.45) is -0.937. The molecule has 2 aromatic heterocycles. The molecule has 32 heavy (non-hydrogen) atoms. The van der Waals surface area contributed by atoms with E-state index in [2.05, 4.69) is 10.3 Å². The predicted octanol–water partition coefficient (Wildman–Crippen LogP) is 4.16. The van der Waals surface area contributed by atoms with Crippen molar-refractivity contribution < 1.29 is 13.9 Å². The fourth-order valence-electron chi connectivity index (χ4n) is 3.96. The van der Waals surface area contributed by atoms with Gasteiger partial charge in [0.15, 0.2) is 11.2 Å². The van der Waals surface area contributed by atoms with E-state index in [4.69, 9.17) is 9.15 Å². The first-order valence-electron chi connectivity index (χ1n) is 10.2. The van der Waals surface area contributed by atoms with Gasteiger partial charge in [0.1, 0.15) is 11.3 Å². The van der Waals surface area contributed by atoms with Crippen molar-refractivity contribution in [3.8, 4) is 5.75 Å². The minimum Gasteiger partial charge on any atom is -0.478 e. The smallest absolute Gasteiger partial charge is 0.344 e. The Morgan fingerprint density at radius 1 is 1.09 bits per heavy atom. The van der Waals surface area contributed by atoms with E-state index < -0.39 is 17.6 Å². The summed E-state index contributed by atoms with van der Waals surface area (Å²) in [5.74, 6) is -0.560. The molecule has 5 rings (SSSR count). The lowest BCUT2D eigenvalue weighted by Gasteiger charge is -2.18. The Balaban J connectivity index is 1.67. The second-order valence-electron chi connectivity index (χ2n) is 7.84. The molecule has 2 atom stereocenters. The van der Waals surface area contributed by atoms with Crippen molar-refractivity contribution in [1.82, 2.24) is 4.98 Å². The van der Waals surface area contributed by atoms with Crippen LogP contribution in [0.1, 0.15) is 22.1 Å². The van der Waals surface area contributed by atoms with Crippen LogP contribution in [0.5, 0.6) is 5.75 Å². The van der Waals surface area contributed by atoms with Gasteiger partial charge in [0.25, 0.3) is 5.91 Å². The van der Waals surface area contributed by atoms with Crippen molar-refractivity contribution >= 4 is 39.0 Å². The van der Waals surface area contributed by atoms with E-state index in [1.165, 1.54) is 11.3 Å². The maximum absolute atomic E-state index is 13.4. The molecule has 0 bridgehead atoms. The maximum Gasteiger partial charge on any atom is 0.344 e. The number of carbonyl (C=O) groups is 1. The first-order valence-corrected chi connectivity index (χ1v) is 11.0. The van der Waals surface area contributed by atoms with Gasteiger partial charge in [0.05, 0.1) is 22.6 Å². The lowest BCUT2D eigenvalue weighted by Crippen LogP contribution is -2.35. The fraction of sp³-hybridized carbons (Fsp3) is 0.208. The Morgan fingerprint density at radius 2 is 1.81 bits per heavy atom. The molecule has 0 aliphatic carbocycles. The number of amides is 1. The molecule has 0 unspecified atom stereocenters. The van der Waals surface area contributed by atoms with E-state index in [0.717, 1.165) is 15.7 Å². The number of para-hydroxylation sites is 2. The third-order valence-corrected chi connectivity index (χ3v) is 6.85. The van der Waals surface area contributed by atoms with Crippen molar-refractivity contribution in [3.05, 3.63) is 81.2 Å². The number of thiazole rings is 1. The van der Waals surface area contributed by atoms with Crippen molar-refractivity contribution in [3.63, 3.8) is 0 Å². The van der Waals surface area contributed by atoms with Crippen LogP contribution < -0.4 is 20.6 Å². The van der Waals surface area contributed by atoms with Gasteiger partial charge < -0.3 is 19.4 Å². The summed E-state index contributed by atoms with van der Waals surface area (Å²) in [4.78, 5) is 33.8. The first-order chi connectivity index (χ1) is 15.4. The summed E-state index contributed by atoms with van der Waals surface area (Å²) in [5.41, 5.74) is 1.69. The van der Waals surface area contributed by atoms with E-state index in [0.29, 0.717) is 28.0 Å². The summed E-state index contributed by atoms with van der Waals surface area (Å²) >= 11 is 1.44. The molecule has 7 nitrogen and oxygen atoms in total. The van der Waals surface area contributed by atoms with Gasteiger partial charge >= 0.3 is 5.63 Å². The second kappa shape index (κ2) is 7.80. The zero-order valence-electron chi connectivity index (χ0n) is 17.8. The second-order valence-corrected chi connectivity index (χ2v) is 8.85. The number of rotatable bonds is 4. The molecule has 4 aromatic rings. The van der Waals surface area contributed by atoms with Gasteiger partial charge in [0, 0.05) is 24.7 Å². The van der Waals surface area contributed by atoms with Crippen molar-refractivity contribution in [2.45, 2.75) is 18.9 Å². The molecule has 1 aliphatic rings. The van der Waals surface area contributed by atoms with Crippen LogP contribution in [-0.4, -0.2) is 31.1 Å². The van der Waals surface area contributed by atoms with Gasteiger partial charge in [-0.05, 0) is 31.2 Å². The zero-order chi connectivity index (χ0) is 22.4. The Kier molecular flexibility index (Phi) is 4.94. The van der Waals surface area contributed by atoms with Gasteiger partial charge in [-0.1, -0.05) is 30.3 Å².